The van der Waals surface area contributed by atoms with Gasteiger partial charge in [0.2, 0.25) is 11.7 Å². The van der Waals surface area contributed by atoms with E-state index in [0.717, 1.165) is 37.0 Å². The second-order valence-corrected chi connectivity index (χ2v) is 13.2. The van der Waals surface area contributed by atoms with Crippen LogP contribution >= 0.6 is 0 Å². The molecule has 4 aliphatic carbocycles. The average molecular weight is 560 g/mol. The molecule has 0 aromatic heterocycles. The number of Topliss-reactive ketones (excluding diaryl/α,β-unsaturated/α-hetero) is 1. The van der Waals surface area contributed by atoms with Gasteiger partial charge in [0.15, 0.2) is 12.4 Å². The highest BCUT2D eigenvalue weighted by atomic mass is 16.5. The third-order valence-corrected chi connectivity index (χ3v) is 11.4. The second-order valence-electron chi connectivity index (χ2n) is 13.2. The Morgan fingerprint density at radius 3 is 2.48 bits per heavy atom. The van der Waals surface area contributed by atoms with Gasteiger partial charge >= 0.3 is 11.9 Å². The van der Waals surface area contributed by atoms with E-state index in [-0.39, 0.29) is 42.9 Å². The van der Waals surface area contributed by atoms with Gasteiger partial charge in [-0.1, -0.05) is 19.4 Å². The van der Waals surface area contributed by atoms with Gasteiger partial charge in [0.05, 0.1) is 12.5 Å². The highest BCUT2D eigenvalue weighted by Crippen LogP contribution is 2.67. The summed E-state index contributed by atoms with van der Waals surface area (Å²) < 4.78 is 5.19. The molecule has 40 heavy (non-hydrogen) atoms. The van der Waals surface area contributed by atoms with Crippen LogP contribution in [0.1, 0.15) is 84.5 Å². The molecule has 8 atom stereocenters. The first-order valence-electron chi connectivity index (χ1n) is 14.7. The van der Waals surface area contributed by atoms with E-state index in [1.807, 2.05) is 13.0 Å². The van der Waals surface area contributed by atoms with Crippen molar-refractivity contribution in [1.29, 1.82) is 0 Å². The predicted octanol–water partition coefficient (Wildman–Crippen LogP) is 2.19. The minimum Gasteiger partial charge on any atom is -0.480 e. The molecular formula is C30H41NO9. The molecule has 3 N–H and O–H groups in total. The minimum absolute atomic E-state index is 0.00647. The fourth-order valence-electron chi connectivity index (χ4n) is 9.05. The van der Waals surface area contributed by atoms with Crippen LogP contribution in [0.25, 0.3) is 0 Å². The van der Waals surface area contributed by atoms with Crippen molar-refractivity contribution in [3.05, 3.63) is 11.6 Å². The Kier molecular flexibility index (Phi) is 7.48. The van der Waals surface area contributed by atoms with Gasteiger partial charge in [0.25, 0.3) is 0 Å². The molecule has 1 saturated heterocycles. The van der Waals surface area contributed by atoms with Crippen molar-refractivity contribution >= 4 is 29.4 Å². The molecule has 2 unspecified atom stereocenters. The molecule has 0 radical (unpaired) electrons. The molecule has 1 amide bonds. The highest BCUT2D eigenvalue weighted by molar-refractivity contribution is 5.92. The number of esters is 1. The molecule has 3 saturated carbocycles. The number of allylic oxidation sites excluding steroid dienone is 1. The number of rotatable bonds is 7. The first-order valence-corrected chi connectivity index (χ1v) is 14.7. The number of carboxylic acid groups (broad SMARTS) is 1. The van der Waals surface area contributed by atoms with Gasteiger partial charge in [-0.15, -0.1) is 0 Å². The second kappa shape index (κ2) is 10.4. The van der Waals surface area contributed by atoms with Crippen molar-refractivity contribution in [2.45, 2.75) is 102 Å². The first kappa shape index (κ1) is 28.9. The summed E-state index contributed by atoms with van der Waals surface area (Å²) in [6.45, 7) is 3.61. The quantitative estimate of drug-likeness (QED) is 0.398. The zero-order chi connectivity index (χ0) is 29.0. The van der Waals surface area contributed by atoms with Crippen molar-refractivity contribution in [3.63, 3.8) is 0 Å². The number of β-amino-alcohol motifs (C(OH)–C–C–N with tert-alkyl or cyclic N) is 1. The van der Waals surface area contributed by atoms with Crippen LogP contribution in [0.15, 0.2) is 11.6 Å². The maximum absolute atomic E-state index is 13.4. The van der Waals surface area contributed by atoms with Gasteiger partial charge in [-0.05, 0) is 74.2 Å². The summed E-state index contributed by atoms with van der Waals surface area (Å²) in [6.07, 6.45) is 6.12. The van der Waals surface area contributed by atoms with Crippen molar-refractivity contribution in [1.82, 2.24) is 4.90 Å². The van der Waals surface area contributed by atoms with E-state index in [2.05, 4.69) is 6.92 Å². The number of amides is 1. The number of carboxylic acids is 1. The van der Waals surface area contributed by atoms with Gasteiger partial charge < -0.3 is 25.0 Å². The van der Waals surface area contributed by atoms with Gasteiger partial charge in [-0.25, -0.2) is 4.79 Å². The van der Waals surface area contributed by atoms with Crippen LogP contribution in [0.4, 0.5) is 0 Å². The SMILES string of the molecule is C[C@]12CCC(=O)C=C1CC[C@@H]1[C@@H]2CC[C@@]2(C)[C@H]1CC[C@]2(O)C(=O)COC(=O)CCC(=O)N1CC(O)CC1C(=O)O. The normalized spacial score (nSPS) is 40.5. The molecule has 5 aliphatic rings. The number of ether oxygens (including phenoxy) is 1. The monoisotopic (exact) mass is 559 g/mol. The van der Waals surface area contributed by atoms with Crippen LogP contribution in [0, 0.1) is 28.6 Å². The third-order valence-electron chi connectivity index (χ3n) is 11.4. The molecule has 10 nitrogen and oxygen atoms in total. The number of hydrogen-bond acceptors (Lipinski definition) is 8. The Balaban J connectivity index is 1.18. The number of hydrogen-bond donors (Lipinski definition) is 3. The van der Waals surface area contributed by atoms with Crippen LogP contribution in [-0.4, -0.2) is 80.5 Å². The Hall–Kier alpha value is -2.59. The van der Waals surface area contributed by atoms with Crippen LogP contribution < -0.4 is 0 Å². The van der Waals surface area contributed by atoms with E-state index in [4.69, 9.17) is 4.74 Å². The van der Waals surface area contributed by atoms with Crippen molar-refractivity contribution in [3.8, 4) is 0 Å². The van der Waals surface area contributed by atoms with Gasteiger partial charge in [0.1, 0.15) is 11.6 Å². The van der Waals surface area contributed by atoms with Crippen LogP contribution in [0.2, 0.25) is 0 Å². The van der Waals surface area contributed by atoms with Crippen LogP contribution in [0.5, 0.6) is 0 Å². The zero-order valence-corrected chi connectivity index (χ0v) is 23.4. The standard InChI is InChI=1S/C30H41NO9/c1-28-10-7-18(32)13-17(28)3-4-20-21(28)8-11-29(2)22(20)9-12-30(29,39)24(34)16-40-26(36)6-5-25(35)31-15-19(33)14-23(31)27(37)38/h13,19-23,33,39H,3-12,14-16H2,1-2H3,(H,37,38)/t19?,20-,21+,22+,23?,28+,29+,30+/m1/s1. The highest BCUT2D eigenvalue weighted by Gasteiger charge is 2.66. The molecule has 0 bridgehead atoms. The lowest BCUT2D eigenvalue weighted by Gasteiger charge is -2.58. The van der Waals surface area contributed by atoms with Crippen LogP contribution in [0.3, 0.4) is 0 Å². The summed E-state index contributed by atoms with van der Waals surface area (Å²) in [4.78, 5) is 62.7. The molecule has 1 heterocycles. The van der Waals surface area contributed by atoms with E-state index in [0.29, 0.717) is 31.1 Å². The topological polar surface area (TPSA) is 159 Å². The third kappa shape index (κ3) is 4.61. The summed E-state index contributed by atoms with van der Waals surface area (Å²) in [7, 11) is 0. The van der Waals surface area contributed by atoms with Crippen LogP contribution in [-0.2, 0) is 28.7 Å². The minimum atomic E-state index is -1.60. The van der Waals surface area contributed by atoms with E-state index < -0.39 is 53.4 Å². The Labute approximate surface area is 234 Å². The fraction of sp³-hybridized carbons (Fsp3) is 0.767. The van der Waals surface area contributed by atoms with Gasteiger partial charge in [0, 0.05) is 31.2 Å². The maximum Gasteiger partial charge on any atom is 0.326 e. The maximum atomic E-state index is 13.4. The number of ketones is 2. The largest absolute Gasteiger partial charge is 0.480 e. The molecule has 10 heteroatoms. The Bertz CT molecular complexity index is 1150. The Morgan fingerprint density at radius 1 is 1.02 bits per heavy atom. The number of aliphatic hydroxyl groups is 2. The number of carbonyl (C=O) groups is 5. The lowest BCUT2D eigenvalue weighted by Crippen LogP contribution is -2.58. The molecule has 1 aliphatic heterocycles. The lowest BCUT2D eigenvalue weighted by molar-refractivity contribution is -0.170. The summed E-state index contributed by atoms with van der Waals surface area (Å²) in [5.74, 6) is -1.91. The summed E-state index contributed by atoms with van der Waals surface area (Å²) in [5.41, 5.74) is -0.965. The van der Waals surface area contributed by atoms with E-state index in [1.165, 1.54) is 5.57 Å². The molecule has 0 aromatic carbocycles. The van der Waals surface area contributed by atoms with Gasteiger partial charge in [-0.2, -0.15) is 0 Å². The zero-order valence-electron chi connectivity index (χ0n) is 23.4. The Morgan fingerprint density at radius 2 is 1.75 bits per heavy atom. The smallest absolute Gasteiger partial charge is 0.326 e. The fourth-order valence-corrected chi connectivity index (χ4v) is 9.05. The number of likely N-dealkylation sites (tertiary alicyclic amines) is 1. The lowest BCUT2D eigenvalue weighted by atomic mass is 9.46. The molecule has 0 spiro atoms. The van der Waals surface area contributed by atoms with E-state index in [9.17, 15) is 39.3 Å². The number of fused-ring (bicyclic) bond motifs is 5. The van der Waals surface area contributed by atoms with Crippen molar-refractivity contribution < 1.29 is 44.0 Å². The molecule has 220 valence electrons. The number of carbonyl (C=O) groups excluding carboxylic acids is 4. The van der Waals surface area contributed by atoms with E-state index in [1.54, 1.807) is 0 Å². The van der Waals surface area contributed by atoms with Gasteiger partial charge in [-0.3, -0.25) is 19.2 Å². The molecular weight excluding hydrogens is 518 g/mol. The molecule has 5 rings (SSSR count). The van der Waals surface area contributed by atoms with Crippen molar-refractivity contribution in [2.75, 3.05) is 13.2 Å². The number of aliphatic hydroxyl groups excluding tert-OH is 1. The summed E-state index contributed by atoms with van der Waals surface area (Å²) in [6, 6.07) is -1.13. The van der Waals surface area contributed by atoms with E-state index >= 15 is 0 Å². The van der Waals surface area contributed by atoms with Crippen molar-refractivity contribution in [2.24, 2.45) is 28.6 Å². The summed E-state index contributed by atoms with van der Waals surface area (Å²) in [5, 5.41) is 30.8. The predicted molar refractivity (Wildman–Crippen MR) is 141 cm³/mol. The number of nitrogens with zero attached hydrogens (tertiary/aromatic N) is 1. The molecule has 0 aromatic rings. The number of aliphatic carboxylic acids is 1. The summed E-state index contributed by atoms with van der Waals surface area (Å²) >= 11 is 0. The molecule has 4 fully saturated rings. The average Bonchev–Trinajstić information content (AvgIpc) is 3.44. The first-order chi connectivity index (χ1) is 18.8.